The van der Waals surface area contributed by atoms with E-state index in [0.29, 0.717) is 28.3 Å². The Kier molecular flexibility index (Phi) is 3.65. The van der Waals surface area contributed by atoms with Crippen molar-refractivity contribution in [2.45, 2.75) is 32.6 Å². The number of pyridine rings is 1. The van der Waals surface area contributed by atoms with Gasteiger partial charge in [0, 0.05) is 10.9 Å². The van der Waals surface area contributed by atoms with Crippen LogP contribution >= 0.6 is 11.6 Å². The van der Waals surface area contributed by atoms with Crippen LogP contribution in [0.2, 0.25) is 5.02 Å². The summed E-state index contributed by atoms with van der Waals surface area (Å²) in [6.45, 7) is 3.66. The van der Waals surface area contributed by atoms with Gasteiger partial charge in [0.2, 0.25) is 0 Å². The number of hydrogen-bond acceptors (Lipinski definition) is 2. The molecule has 0 saturated carbocycles. The van der Waals surface area contributed by atoms with E-state index in [1.54, 1.807) is 13.0 Å². The number of fused-ring (bicyclic) bond motifs is 1. The number of nitrogens with two attached hydrogens (primary N) is 1. The molecular formula is C17H16ClFN2O. The van der Waals surface area contributed by atoms with Crippen LogP contribution in [-0.4, -0.2) is 10.9 Å². The molecular weight excluding hydrogens is 303 g/mol. The molecule has 114 valence electrons. The molecule has 1 heterocycles. The Morgan fingerprint density at radius 3 is 2.77 bits per heavy atom. The van der Waals surface area contributed by atoms with Crippen molar-refractivity contribution < 1.29 is 9.18 Å². The Hall–Kier alpha value is -1.94. The number of halogens is 2. The van der Waals surface area contributed by atoms with Crippen LogP contribution in [0.5, 0.6) is 0 Å². The van der Waals surface area contributed by atoms with Gasteiger partial charge in [0.05, 0.1) is 17.0 Å². The smallest absolute Gasteiger partial charge is 0.250 e. The molecule has 0 spiro atoms. The predicted molar refractivity (Wildman–Crippen MR) is 83.8 cm³/mol. The van der Waals surface area contributed by atoms with Gasteiger partial charge in [-0.1, -0.05) is 11.6 Å². The lowest BCUT2D eigenvalue weighted by molar-refractivity contribution is 0.0999. The second-order valence-corrected chi connectivity index (χ2v) is 6.17. The van der Waals surface area contributed by atoms with Crippen molar-refractivity contribution in [2.75, 3.05) is 0 Å². The van der Waals surface area contributed by atoms with E-state index >= 15 is 0 Å². The molecule has 3 rings (SSSR count). The summed E-state index contributed by atoms with van der Waals surface area (Å²) in [5, 5.41) is 0.395. The van der Waals surface area contributed by atoms with Crippen molar-refractivity contribution in [1.29, 1.82) is 0 Å². The molecule has 1 atom stereocenters. The van der Waals surface area contributed by atoms with Gasteiger partial charge in [-0.3, -0.25) is 9.78 Å². The quantitative estimate of drug-likeness (QED) is 0.918. The van der Waals surface area contributed by atoms with Crippen LogP contribution in [0.15, 0.2) is 18.2 Å². The van der Waals surface area contributed by atoms with E-state index in [0.717, 1.165) is 23.2 Å². The summed E-state index contributed by atoms with van der Waals surface area (Å²) in [7, 11) is 0. The van der Waals surface area contributed by atoms with Crippen LogP contribution in [0.4, 0.5) is 4.39 Å². The monoisotopic (exact) mass is 318 g/mol. The Morgan fingerprint density at radius 1 is 1.36 bits per heavy atom. The fourth-order valence-corrected chi connectivity index (χ4v) is 3.47. The predicted octanol–water partition coefficient (Wildman–Crippen LogP) is 3.67. The normalized spacial score (nSPS) is 16.6. The molecule has 1 amide bonds. The van der Waals surface area contributed by atoms with Crippen molar-refractivity contribution in [3.8, 4) is 0 Å². The summed E-state index contributed by atoms with van der Waals surface area (Å²) in [5.41, 5.74) is 9.75. The Balaban J connectivity index is 2.12. The molecule has 2 aromatic rings. The zero-order chi connectivity index (χ0) is 16.0. The van der Waals surface area contributed by atoms with Gasteiger partial charge in [-0.05, 0) is 61.6 Å². The van der Waals surface area contributed by atoms with Crippen molar-refractivity contribution in [2.24, 2.45) is 5.73 Å². The number of amides is 1. The van der Waals surface area contributed by atoms with E-state index in [9.17, 15) is 9.18 Å². The van der Waals surface area contributed by atoms with Gasteiger partial charge in [0.15, 0.2) is 0 Å². The Bertz CT molecular complexity index is 789. The van der Waals surface area contributed by atoms with Crippen LogP contribution in [0, 0.1) is 19.7 Å². The zero-order valence-electron chi connectivity index (χ0n) is 12.4. The average Bonchev–Trinajstić information content (AvgIpc) is 2.84. The first-order valence-corrected chi connectivity index (χ1v) is 7.52. The Labute approximate surface area is 133 Å². The number of benzene rings is 1. The largest absolute Gasteiger partial charge is 0.366 e. The number of carbonyl (C=O) groups excluding carboxylic acids is 1. The summed E-state index contributed by atoms with van der Waals surface area (Å²) < 4.78 is 14.0. The van der Waals surface area contributed by atoms with Gasteiger partial charge in [0.25, 0.3) is 5.91 Å². The minimum absolute atomic E-state index is 0.00354. The summed E-state index contributed by atoms with van der Waals surface area (Å²) in [6.07, 6.45) is 1.45. The second kappa shape index (κ2) is 5.36. The summed E-state index contributed by atoms with van der Waals surface area (Å²) >= 11 is 6.00. The first-order valence-electron chi connectivity index (χ1n) is 7.14. The standard InChI is InChI=1S/C17H16ClFN2O/c1-8-5-13(17(20)22)9(2)21-16(8)12-4-3-11-14(12)6-10(18)7-15(11)19/h5-7,12H,3-4H2,1-2H3,(H2,20,22)/t12-/m1/s1. The fraction of sp³-hybridized carbons (Fsp3) is 0.294. The highest BCUT2D eigenvalue weighted by molar-refractivity contribution is 6.30. The maximum Gasteiger partial charge on any atom is 0.250 e. The SMILES string of the molecule is Cc1cc(C(N)=O)c(C)nc1[C@@H]1CCc2c(F)cc(Cl)cc21. The second-order valence-electron chi connectivity index (χ2n) is 5.73. The molecule has 1 aromatic heterocycles. The maximum absolute atomic E-state index is 14.0. The van der Waals surface area contributed by atoms with E-state index in [-0.39, 0.29) is 11.7 Å². The van der Waals surface area contributed by atoms with Crippen molar-refractivity contribution in [3.63, 3.8) is 0 Å². The molecule has 2 N–H and O–H groups in total. The van der Waals surface area contributed by atoms with E-state index in [1.807, 2.05) is 13.0 Å². The Morgan fingerprint density at radius 2 is 2.09 bits per heavy atom. The lowest BCUT2D eigenvalue weighted by Gasteiger charge is -2.16. The van der Waals surface area contributed by atoms with Crippen LogP contribution in [0.25, 0.3) is 0 Å². The van der Waals surface area contributed by atoms with Crippen molar-refractivity contribution in [3.05, 3.63) is 62.7 Å². The third-order valence-electron chi connectivity index (χ3n) is 4.29. The topological polar surface area (TPSA) is 56.0 Å². The molecule has 0 saturated heterocycles. The zero-order valence-corrected chi connectivity index (χ0v) is 13.2. The lowest BCUT2D eigenvalue weighted by atomic mass is 9.93. The maximum atomic E-state index is 14.0. The number of primary amides is 1. The summed E-state index contributed by atoms with van der Waals surface area (Å²) in [6, 6.07) is 4.93. The highest BCUT2D eigenvalue weighted by Crippen LogP contribution is 2.41. The van der Waals surface area contributed by atoms with Crippen LogP contribution < -0.4 is 5.73 Å². The van der Waals surface area contributed by atoms with Crippen LogP contribution in [0.3, 0.4) is 0 Å². The molecule has 1 aliphatic carbocycles. The molecule has 0 aliphatic heterocycles. The van der Waals surface area contributed by atoms with Gasteiger partial charge >= 0.3 is 0 Å². The number of nitrogens with zero attached hydrogens (tertiary/aromatic N) is 1. The molecule has 0 bridgehead atoms. The van der Waals surface area contributed by atoms with Crippen LogP contribution in [0.1, 0.15) is 50.8 Å². The molecule has 1 aliphatic rings. The molecule has 22 heavy (non-hydrogen) atoms. The van der Waals surface area contributed by atoms with Gasteiger partial charge in [-0.2, -0.15) is 0 Å². The minimum Gasteiger partial charge on any atom is -0.366 e. The van der Waals surface area contributed by atoms with Gasteiger partial charge < -0.3 is 5.73 Å². The number of aryl methyl sites for hydroxylation is 2. The minimum atomic E-state index is -0.486. The molecule has 0 radical (unpaired) electrons. The number of hydrogen-bond donors (Lipinski definition) is 1. The van der Waals surface area contributed by atoms with Gasteiger partial charge in [-0.15, -0.1) is 0 Å². The lowest BCUT2D eigenvalue weighted by Crippen LogP contribution is -2.16. The van der Waals surface area contributed by atoms with E-state index in [1.165, 1.54) is 6.07 Å². The molecule has 0 unspecified atom stereocenters. The van der Waals surface area contributed by atoms with E-state index < -0.39 is 5.91 Å². The first kappa shape index (κ1) is 15.0. The van der Waals surface area contributed by atoms with Crippen molar-refractivity contribution >= 4 is 17.5 Å². The third-order valence-corrected chi connectivity index (χ3v) is 4.51. The molecule has 3 nitrogen and oxygen atoms in total. The molecule has 5 heteroatoms. The number of carbonyl (C=O) groups is 1. The first-order chi connectivity index (χ1) is 10.4. The summed E-state index contributed by atoms with van der Waals surface area (Å²) in [5.74, 6) is -0.738. The molecule has 1 aromatic carbocycles. The number of rotatable bonds is 2. The van der Waals surface area contributed by atoms with E-state index in [4.69, 9.17) is 17.3 Å². The summed E-state index contributed by atoms with van der Waals surface area (Å²) in [4.78, 5) is 16.0. The third kappa shape index (κ3) is 2.37. The molecule has 0 fully saturated rings. The van der Waals surface area contributed by atoms with Crippen molar-refractivity contribution in [1.82, 2.24) is 4.98 Å². The number of aromatic nitrogens is 1. The highest BCUT2D eigenvalue weighted by Gasteiger charge is 2.29. The van der Waals surface area contributed by atoms with Crippen LogP contribution in [-0.2, 0) is 6.42 Å². The van der Waals surface area contributed by atoms with Gasteiger partial charge in [0.1, 0.15) is 5.82 Å². The fourth-order valence-electron chi connectivity index (χ4n) is 3.25. The highest BCUT2D eigenvalue weighted by atomic mass is 35.5. The van der Waals surface area contributed by atoms with Gasteiger partial charge in [-0.25, -0.2) is 4.39 Å². The van der Waals surface area contributed by atoms with E-state index in [2.05, 4.69) is 4.98 Å². The average molecular weight is 319 g/mol.